The summed E-state index contributed by atoms with van der Waals surface area (Å²) in [6, 6.07) is 0. The van der Waals surface area contributed by atoms with Crippen LogP contribution in [0.15, 0.2) is 0 Å². The van der Waals surface area contributed by atoms with Gasteiger partial charge < -0.3 is 4.52 Å². The largest absolute Gasteiger partial charge is 0.367 e. The third-order valence-electron chi connectivity index (χ3n) is 2.17. The second-order valence-electron chi connectivity index (χ2n) is 3.56. The molecule has 0 heterocycles. The lowest BCUT2D eigenvalue weighted by molar-refractivity contribution is 0.166. The van der Waals surface area contributed by atoms with Crippen molar-refractivity contribution in [3.05, 3.63) is 0 Å². The molecule has 2 atom stereocenters. The minimum atomic E-state index is -3.80. The molecule has 0 aliphatic rings. The van der Waals surface area contributed by atoms with Crippen LogP contribution < -0.4 is 0 Å². The van der Waals surface area contributed by atoms with Gasteiger partial charge in [0, 0.05) is 0 Å². The Hall–Kier alpha value is 0.120. The number of unbranched alkanes of at least 4 members (excludes halogenated alkanes) is 1. The molecule has 0 aliphatic carbocycles. The summed E-state index contributed by atoms with van der Waals surface area (Å²) in [7, 11) is -3.80. The van der Waals surface area contributed by atoms with Crippen molar-refractivity contribution in [2.24, 2.45) is 0 Å². The highest BCUT2D eigenvalue weighted by Gasteiger charge is 2.23. The topological polar surface area (TPSA) is 26.3 Å². The molecule has 0 amide bonds. The van der Waals surface area contributed by atoms with Crippen LogP contribution in [0.1, 0.15) is 52.9 Å². The fourth-order valence-electron chi connectivity index (χ4n) is 1.30. The van der Waals surface area contributed by atoms with Gasteiger partial charge in [-0.3, -0.25) is 4.57 Å². The first kappa shape index (κ1) is 14.1. The molecule has 0 fully saturated rings. The molecule has 0 aromatic carbocycles. The number of hydrogen-bond acceptors (Lipinski definition) is 2. The summed E-state index contributed by atoms with van der Waals surface area (Å²) in [4.78, 5) is 0. The molecule has 0 aliphatic heterocycles. The lowest BCUT2D eigenvalue weighted by Gasteiger charge is -2.18. The van der Waals surface area contributed by atoms with Crippen LogP contribution in [0.3, 0.4) is 0 Å². The van der Waals surface area contributed by atoms with Gasteiger partial charge in [-0.15, -0.1) is 0 Å². The molecule has 0 spiro atoms. The van der Waals surface area contributed by atoms with Crippen LogP contribution in [-0.4, -0.2) is 12.3 Å². The van der Waals surface area contributed by atoms with Crippen molar-refractivity contribution in [1.82, 2.24) is 0 Å². The van der Waals surface area contributed by atoms with E-state index in [9.17, 15) is 8.76 Å². The van der Waals surface area contributed by atoms with Crippen LogP contribution in [0.25, 0.3) is 0 Å². The average molecular weight is 224 g/mol. The molecule has 0 aromatic rings. The van der Waals surface area contributed by atoms with E-state index in [1.165, 1.54) is 0 Å². The molecule has 4 heteroatoms. The van der Waals surface area contributed by atoms with Gasteiger partial charge in [0.15, 0.2) is 0 Å². The third kappa shape index (κ3) is 6.56. The van der Waals surface area contributed by atoms with Crippen molar-refractivity contribution in [3.8, 4) is 0 Å². The maximum Gasteiger partial charge on any atom is 0.367 e. The Morgan fingerprint density at radius 1 is 1.21 bits per heavy atom. The Morgan fingerprint density at radius 2 is 1.86 bits per heavy atom. The normalized spacial score (nSPS) is 17.7. The zero-order valence-electron chi connectivity index (χ0n) is 9.46. The van der Waals surface area contributed by atoms with Gasteiger partial charge in [0.1, 0.15) is 0 Å². The fraction of sp³-hybridized carbons (Fsp3) is 1.00. The summed E-state index contributed by atoms with van der Waals surface area (Å²) in [5.74, 6) is 0. The molecule has 0 rings (SSSR count). The smallest absolute Gasteiger partial charge is 0.302 e. The monoisotopic (exact) mass is 224 g/mol. The Bertz CT molecular complexity index is 185. The standard InChI is InChI=1S/C10H22FO2P/c1-4-7-9-10(8-5-2)13-14(11,12)6-3/h10H,4-9H2,1-3H3. The lowest BCUT2D eigenvalue weighted by Crippen LogP contribution is -2.10. The van der Waals surface area contributed by atoms with Crippen LogP contribution in [0.4, 0.5) is 4.20 Å². The van der Waals surface area contributed by atoms with E-state index < -0.39 is 7.68 Å². The van der Waals surface area contributed by atoms with Gasteiger partial charge >= 0.3 is 7.68 Å². The van der Waals surface area contributed by atoms with E-state index in [-0.39, 0.29) is 12.3 Å². The zero-order chi connectivity index (χ0) is 11.0. The first-order chi connectivity index (χ1) is 6.55. The number of hydrogen-bond donors (Lipinski definition) is 0. The molecule has 0 aromatic heterocycles. The van der Waals surface area contributed by atoms with Crippen LogP contribution >= 0.6 is 7.68 Å². The molecule has 0 N–H and O–H groups in total. The quantitative estimate of drug-likeness (QED) is 0.565. The maximum absolute atomic E-state index is 13.2. The molecule has 2 unspecified atom stereocenters. The van der Waals surface area contributed by atoms with Crippen molar-refractivity contribution < 1.29 is 13.3 Å². The summed E-state index contributed by atoms with van der Waals surface area (Å²) < 4.78 is 29.3. The number of halogens is 1. The van der Waals surface area contributed by atoms with Crippen LogP contribution in [0.5, 0.6) is 0 Å². The summed E-state index contributed by atoms with van der Waals surface area (Å²) in [6.07, 6.45) is 4.46. The zero-order valence-corrected chi connectivity index (χ0v) is 10.4. The van der Waals surface area contributed by atoms with Gasteiger partial charge in [0.2, 0.25) is 0 Å². The minimum Gasteiger partial charge on any atom is -0.302 e. The minimum absolute atomic E-state index is 0.0145. The highest BCUT2D eigenvalue weighted by molar-refractivity contribution is 7.53. The van der Waals surface area contributed by atoms with Gasteiger partial charge in [-0.1, -0.05) is 40.0 Å². The Morgan fingerprint density at radius 3 is 2.29 bits per heavy atom. The van der Waals surface area contributed by atoms with Crippen molar-refractivity contribution in [2.45, 2.75) is 59.0 Å². The van der Waals surface area contributed by atoms with Crippen LogP contribution in [0, 0.1) is 0 Å². The first-order valence-electron chi connectivity index (χ1n) is 5.52. The average Bonchev–Trinajstić information content (AvgIpc) is 2.14. The predicted molar refractivity (Wildman–Crippen MR) is 58.6 cm³/mol. The SMILES string of the molecule is CCCCC(CCC)OP(=O)(F)CC. The summed E-state index contributed by atoms with van der Waals surface area (Å²) in [5, 5.41) is 0. The molecule has 2 nitrogen and oxygen atoms in total. The fourth-order valence-corrected chi connectivity index (χ4v) is 2.11. The number of rotatable bonds is 8. The molecule has 0 bridgehead atoms. The molecule has 86 valence electrons. The first-order valence-corrected chi connectivity index (χ1v) is 7.22. The van der Waals surface area contributed by atoms with Crippen LogP contribution in [-0.2, 0) is 9.09 Å². The van der Waals surface area contributed by atoms with Gasteiger partial charge in [0.25, 0.3) is 0 Å². The Kier molecular flexibility index (Phi) is 7.48. The second-order valence-corrected chi connectivity index (χ2v) is 5.59. The van der Waals surface area contributed by atoms with E-state index >= 15 is 0 Å². The highest BCUT2D eigenvalue weighted by atomic mass is 31.2. The van der Waals surface area contributed by atoms with Crippen molar-refractivity contribution >= 4 is 7.68 Å². The molecule has 14 heavy (non-hydrogen) atoms. The second kappa shape index (κ2) is 7.42. The van der Waals surface area contributed by atoms with E-state index in [4.69, 9.17) is 4.52 Å². The van der Waals surface area contributed by atoms with E-state index in [0.29, 0.717) is 0 Å². The summed E-state index contributed by atoms with van der Waals surface area (Å²) >= 11 is 0. The Balaban J connectivity index is 4.01. The van der Waals surface area contributed by atoms with Crippen molar-refractivity contribution in [1.29, 1.82) is 0 Å². The third-order valence-corrected chi connectivity index (χ3v) is 3.54. The van der Waals surface area contributed by atoms with E-state index in [1.54, 1.807) is 6.92 Å². The molecule has 0 radical (unpaired) electrons. The van der Waals surface area contributed by atoms with Crippen molar-refractivity contribution in [3.63, 3.8) is 0 Å². The highest BCUT2D eigenvalue weighted by Crippen LogP contribution is 2.50. The molecular weight excluding hydrogens is 202 g/mol. The van der Waals surface area contributed by atoms with E-state index in [0.717, 1.165) is 32.1 Å². The van der Waals surface area contributed by atoms with E-state index in [2.05, 4.69) is 6.92 Å². The predicted octanol–water partition coefficient (Wildman–Crippen LogP) is 4.54. The molecular formula is C10H22FO2P. The van der Waals surface area contributed by atoms with Gasteiger partial charge in [-0.05, 0) is 12.8 Å². The van der Waals surface area contributed by atoms with E-state index in [1.807, 2.05) is 6.92 Å². The summed E-state index contributed by atoms with van der Waals surface area (Å²) in [6.45, 7) is 5.67. The summed E-state index contributed by atoms with van der Waals surface area (Å²) in [5.41, 5.74) is 0. The van der Waals surface area contributed by atoms with Gasteiger partial charge in [0.05, 0.1) is 12.3 Å². The lowest BCUT2D eigenvalue weighted by atomic mass is 10.1. The van der Waals surface area contributed by atoms with Gasteiger partial charge in [-0.2, -0.15) is 4.20 Å². The maximum atomic E-state index is 13.2. The van der Waals surface area contributed by atoms with Gasteiger partial charge in [-0.25, -0.2) is 0 Å². The van der Waals surface area contributed by atoms with Crippen molar-refractivity contribution in [2.75, 3.05) is 6.16 Å². The molecule has 0 saturated heterocycles. The Labute approximate surface area is 86.8 Å². The van der Waals surface area contributed by atoms with Crippen LogP contribution in [0.2, 0.25) is 0 Å². The molecule has 0 saturated carbocycles.